The molecular weight excluding hydrogens is 275 g/mol. The minimum Gasteiger partial charge on any atom is -0.467 e. The summed E-state index contributed by atoms with van der Waals surface area (Å²) >= 11 is 0. The fourth-order valence-corrected chi connectivity index (χ4v) is 1.77. The van der Waals surface area contributed by atoms with Crippen LogP contribution >= 0.6 is 0 Å². The van der Waals surface area contributed by atoms with Gasteiger partial charge in [0.2, 0.25) is 0 Å². The Balaban J connectivity index is 2.53. The van der Waals surface area contributed by atoms with Gasteiger partial charge in [0.1, 0.15) is 11.9 Å². The molecule has 2 atom stereocenters. The van der Waals surface area contributed by atoms with E-state index in [1.165, 1.54) is 19.2 Å². The van der Waals surface area contributed by atoms with Crippen molar-refractivity contribution in [3.63, 3.8) is 0 Å². The molecule has 5 nitrogen and oxygen atoms in total. The molecular formula is C15H21FN2O3. The summed E-state index contributed by atoms with van der Waals surface area (Å²) in [5, 5.41) is 5.23. The zero-order valence-corrected chi connectivity index (χ0v) is 12.5. The highest BCUT2D eigenvalue weighted by molar-refractivity contribution is 5.83. The van der Waals surface area contributed by atoms with Crippen molar-refractivity contribution >= 4 is 12.0 Å². The Hall–Kier alpha value is -2.11. The van der Waals surface area contributed by atoms with Crippen LogP contribution in [0.4, 0.5) is 9.18 Å². The van der Waals surface area contributed by atoms with E-state index in [2.05, 4.69) is 15.4 Å². The second-order valence-corrected chi connectivity index (χ2v) is 4.84. The van der Waals surface area contributed by atoms with Crippen LogP contribution in [-0.2, 0) is 16.1 Å². The average molecular weight is 296 g/mol. The molecule has 6 heteroatoms. The van der Waals surface area contributed by atoms with Gasteiger partial charge in [-0.3, -0.25) is 0 Å². The molecule has 2 N–H and O–H groups in total. The lowest BCUT2D eigenvalue weighted by Crippen LogP contribution is -2.49. The Kier molecular flexibility index (Phi) is 6.65. The quantitative estimate of drug-likeness (QED) is 0.791. The van der Waals surface area contributed by atoms with Crippen LogP contribution in [0.3, 0.4) is 0 Å². The number of halogens is 1. The fraction of sp³-hybridized carbons (Fsp3) is 0.467. The number of ether oxygens (including phenoxy) is 1. The van der Waals surface area contributed by atoms with Crippen molar-refractivity contribution in [2.75, 3.05) is 7.11 Å². The van der Waals surface area contributed by atoms with Gasteiger partial charge in [0.25, 0.3) is 0 Å². The topological polar surface area (TPSA) is 67.4 Å². The molecule has 0 fully saturated rings. The average Bonchev–Trinajstić information content (AvgIpc) is 2.50. The van der Waals surface area contributed by atoms with Crippen LogP contribution in [0, 0.1) is 11.7 Å². The zero-order valence-electron chi connectivity index (χ0n) is 12.5. The van der Waals surface area contributed by atoms with E-state index in [1.54, 1.807) is 12.1 Å². The maximum Gasteiger partial charge on any atom is 0.328 e. The SMILES string of the molecule is CCC(C)C(NC(=O)NCc1ccc(F)cc1)C(=O)OC. The molecule has 0 aliphatic heterocycles. The number of amides is 2. The van der Waals surface area contributed by atoms with E-state index in [0.29, 0.717) is 0 Å². The van der Waals surface area contributed by atoms with Crippen molar-refractivity contribution in [2.24, 2.45) is 5.92 Å². The van der Waals surface area contributed by atoms with E-state index >= 15 is 0 Å². The van der Waals surface area contributed by atoms with Gasteiger partial charge in [0.15, 0.2) is 0 Å². The molecule has 0 saturated carbocycles. The molecule has 0 heterocycles. The third kappa shape index (κ3) is 5.41. The van der Waals surface area contributed by atoms with Crippen LogP contribution in [0.1, 0.15) is 25.8 Å². The molecule has 2 amide bonds. The Morgan fingerprint density at radius 2 is 1.90 bits per heavy atom. The molecule has 1 rings (SSSR count). The number of rotatable bonds is 6. The number of carbonyl (C=O) groups is 2. The molecule has 2 unspecified atom stereocenters. The van der Waals surface area contributed by atoms with Gasteiger partial charge in [-0.05, 0) is 23.6 Å². The first-order chi connectivity index (χ1) is 9.97. The second kappa shape index (κ2) is 8.24. The maximum atomic E-state index is 12.8. The fourth-order valence-electron chi connectivity index (χ4n) is 1.77. The highest BCUT2D eigenvalue weighted by Crippen LogP contribution is 2.09. The minimum atomic E-state index is -0.687. The summed E-state index contributed by atoms with van der Waals surface area (Å²) in [7, 11) is 1.29. The predicted octanol–water partition coefficient (Wildman–Crippen LogP) is 2.21. The summed E-state index contributed by atoms with van der Waals surface area (Å²) in [6, 6.07) is 4.67. The third-order valence-corrected chi connectivity index (χ3v) is 3.32. The van der Waals surface area contributed by atoms with Gasteiger partial charge in [0, 0.05) is 6.54 Å². The molecule has 1 aromatic carbocycles. The van der Waals surface area contributed by atoms with Crippen LogP contribution < -0.4 is 10.6 Å². The minimum absolute atomic E-state index is 0.0333. The van der Waals surface area contributed by atoms with E-state index in [9.17, 15) is 14.0 Å². The molecule has 0 bridgehead atoms. The smallest absolute Gasteiger partial charge is 0.328 e. The number of hydrogen-bond donors (Lipinski definition) is 2. The number of methoxy groups -OCH3 is 1. The summed E-state index contributed by atoms with van der Waals surface area (Å²) in [5.41, 5.74) is 0.768. The van der Waals surface area contributed by atoms with Crippen molar-refractivity contribution in [3.8, 4) is 0 Å². The molecule has 0 saturated heterocycles. The summed E-state index contributed by atoms with van der Waals surface area (Å²) in [4.78, 5) is 23.5. The number of esters is 1. The lowest BCUT2D eigenvalue weighted by Gasteiger charge is -2.22. The summed E-state index contributed by atoms with van der Waals surface area (Å²) in [6.45, 7) is 4.04. The predicted molar refractivity (Wildman–Crippen MR) is 77.0 cm³/mol. The largest absolute Gasteiger partial charge is 0.467 e. The van der Waals surface area contributed by atoms with E-state index in [0.717, 1.165) is 12.0 Å². The van der Waals surface area contributed by atoms with Crippen LogP contribution in [0.5, 0.6) is 0 Å². The molecule has 0 aromatic heterocycles. The Bertz CT molecular complexity index is 476. The Morgan fingerprint density at radius 3 is 2.43 bits per heavy atom. The van der Waals surface area contributed by atoms with Crippen molar-refractivity contribution in [1.29, 1.82) is 0 Å². The first-order valence-electron chi connectivity index (χ1n) is 6.84. The standard InChI is InChI=1S/C15H21FN2O3/c1-4-10(2)13(14(19)21-3)18-15(20)17-9-11-5-7-12(16)8-6-11/h5-8,10,13H,4,9H2,1-3H3,(H2,17,18,20). The van der Waals surface area contributed by atoms with Crippen molar-refractivity contribution in [2.45, 2.75) is 32.9 Å². The van der Waals surface area contributed by atoms with Gasteiger partial charge in [-0.2, -0.15) is 0 Å². The van der Waals surface area contributed by atoms with Crippen molar-refractivity contribution < 1.29 is 18.7 Å². The molecule has 0 radical (unpaired) electrons. The van der Waals surface area contributed by atoms with E-state index < -0.39 is 18.0 Å². The number of benzene rings is 1. The summed E-state index contributed by atoms with van der Waals surface area (Å²) < 4.78 is 17.5. The number of hydrogen-bond acceptors (Lipinski definition) is 3. The van der Waals surface area contributed by atoms with E-state index in [1.807, 2.05) is 13.8 Å². The molecule has 116 valence electrons. The van der Waals surface area contributed by atoms with Gasteiger partial charge in [-0.25, -0.2) is 14.0 Å². The number of carbonyl (C=O) groups excluding carboxylic acids is 2. The summed E-state index contributed by atoms with van der Waals surface area (Å²) in [5.74, 6) is -0.832. The molecule has 0 aliphatic rings. The Morgan fingerprint density at radius 1 is 1.29 bits per heavy atom. The third-order valence-electron chi connectivity index (χ3n) is 3.32. The Labute approximate surface area is 123 Å². The normalized spacial score (nSPS) is 13.1. The second-order valence-electron chi connectivity index (χ2n) is 4.84. The molecule has 1 aromatic rings. The van der Waals surface area contributed by atoms with Gasteiger partial charge in [-0.1, -0.05) is 32.4 Å². The monoisotopic (exact) mass is 296 g/mol. The van der Waals surface area contributed by atoms with Crippen LogP contribution in [0.25, 0.3) is 0 Å². The van der Waals surface area contributed by atoms with Gasteiger partial charge in [-0.15, -0.1) is 0 Å². The molecule has 0 spiro atoms. The summed E-state index contributed by atoms with van der Waals surface area (Å²) in [6.07, 6.45) is 0.734. The van der Waals surface area contributed by atoms with Gasteiger partial charge < -0.3 is 15.4 Å². The first-order valence-corrected chi connectivity index (χ1v) is 6.84. The molecule has 21 heavy (non-hydrogen) atoms. The van der Waals surface area contributed by atoms with Crippen LogP contribution in [-0.4, -0.2) is 25.2 Å². The lowest BCUT2D eigenvalue weighted by molar-refractivity contribution is -0.144. The molecule has 0 aliphatic carbocycles. The maximum absolute atomic E-state index is 12.8. The first kappa shape index (κ1) is 16.9. The van der Waals surface area contributed by atoms with Crippen molar-refractivity contribution in [3.05, 3.63) is 35.6 Å². The van der Waals surface area contributed by atoms with E-state index in [-0.39, 0.29) is 18.3 Å². The van der Waals surface area contributed by atoms with Crippen LogP contribution in [0.2, 0.25) is 0 Å². The number of urea groups is 1. The van der Waals surface area contributed by atoms with Crippen LogP contribution in [0.15, 0.2) is 24.3 Å². The van der Waals surface area contributed by atoms with Crippen molar-refractivity contribution in [1.82, 2.24) is 10.6 Å². The zero-order chi connectivity index (χ0) is 15.8. The highest BCUT2D eigenvalue weighted by atomic mass is 19.1. The van der Waals surface area contributed by atoms with Gasteiger partial charge >= 0.3 is 12.0 Å². The van der Waals surface area contributed by atoms with Gasteiger partial charge in [0.05, 0.1) is 7.11 Å². The lowest BCUT2D eigenvalue weighted by atomic mass is 9.99. The number of nitrogens with one attached hydrogen (secondary N) is 2. The highest BCUT2D eigenvalue weighted by Gasteiger charge is 2.26. The van der Waals surface area contributed by atoms with E-state index in [4.69, 9.17) is 0 Å².